The molecule has 1 aromatic heterocycles. The molecule has 8 heteroatoms. The molecule has 0 aliphatic heterocycles. The van der Waals surface area contributed by atoms with E-state index in [2.05, 4.69) is 9.97 Å². The van der Waals surface area contributed by atoms with Crippen LogP contribution in [0.15, 0.2) is 30.5 Å². The molecule has 1 atom stereocenters. The molecule has 0 spiro atoms. The van der Waals surface area contributed by atoms with E-state index in [0.29, 0.717) is 5.69 Å². The number of halogens is 4. The smallest absolute Gasteiger partial charge is 0.416 e. The standard InChI is InChI=1S/C13H11ClF3N3O/c1-7(10-4-5-19-12(18)20-10)21-11-6-8(13(15,16)17)2-3-9(11)14/h2-7H,1H3,(H2,18,19,20). The summed E-state index contributed by atoms with van der Waals surface area (Å²) in [6.45, 7) is 1.62. The van der Waals surface area contributed by atoms with Crippen molar-refractivity contribution in [3.8, 4) is 5.75 Å². The van der Waals surface area contributed by atoms with Gasteiger partial charge in [-0.3, -0.25) is 0 Å². The van der Waals surface area contributed by atoms with Crippen LogP contribution >= 0.6 is 11.6 Å². The minimum Gasteiger partial charge on any atom is -0.483 e. The van der Waals surface area contributed by atoms with E-state index in [0.717, 1.165) is 18.2 Å². The van der Waals surface area contributed by atoms with Crippen LogP contribution in [0.3, 0.4) is 0 Å². The number of anilines is 1. The molecule has 2 rings (SSSR count). The minimum absolute atomic E-state index is 0.0538. The van der Waals surface area contributed by atoms with Crippen LogP contribution in [0.4, 0.5) is 19.1 Å². The third-order valence-electron chi connectivity index (χ3n) is 2.67. The Labute approximate surface area is 123 Å². The van der Waals surface area contributed by atoms with Crippen molar-refractivity contribution >= 4 is 17.5 Å². The van der Waals surface area contributed by atoms with Gasteiger partial charge in [-0.25, -0.2) is 9.97 Å². The number of aromatic nitrogens is 2. The molecule has 112 valence electrons. The number of nitrogens with zero attached hydrogens (tertiary/aromatic N) is 2. The lowest BCUT2D eigenvalue weighted by Gasteiger charge is -2.17. The van der Waals surface area contributed by atoms with Gasteiger partial charge in [-0.1, -0.05) is 11.6 Å². The van der Waals surface area contributed by atoms with E-state index >= 15 is 0 Å². The predicted octanol–water partition coefficient (Wildman–Crippen LogP) is 3.87. The summed E-state index contributed by atoms with van der Waals surface area (Å²) in [6, 6.07) is 4.44. The molecule has 2 N–H and O–H groups in total. The molecule has 1 aromatic carbocycles. The zero-order chi connectivity index (χ0) is 15.6. The van der Waals surface area contributed by atoms with E-state index in [1.165, 1.54) is 6.20 Å². The highest BCUT2D eigenvalue weighted by Crippen LogP contribution is 2.36. The number of nitrogen functional groups attached to an aromatic ring is 1. The van der Waals surface area contributed by atoms with Crippen LogP contribution in [0.2, 0.25) is 5.02 Å². The summed E-state index contributed by atoms with van der Waals surface area (Å²) in [5.74, 6) is -0.0192. The number of hydrogen-bond acceptors (Lipinski definition) is 4. The van der Waals surface area contributed by atoms with Crippen LogP contribution in [0.25, 0.3) is 0 Å². The second-order valence-electron chi connectivity index (χ2n) is 4.24. The first-order valence-electron chi connectivity index (χ1n) is 5.89. The second kappa shape index (κ2) is 5.77. The molecule has 21 heavy (non-hydrogen) atoms. The van der Waals surface area contributed by atoms with Crippen molar-refractivity contribution in [3.05, 3.63) is 46.7 Å². The molecule has 0 amide bonds. The Balaban J connectivity index is 2.26. The van der Waals surface area contributed by atoms with E-state index in [-0.39, 0.29) is 16.7 Å². The van der Waals surface area contributed by atoms with Crippen molar-refractivity contribution in [1.29, 1.82) is 0 Å². The van der Waals surface area contributed by atoms with Gasteiger partial charge in [0.1, 0.15) is 11.9 Å². The lowest BCUT2D eigenvalue weighted by molar-refractivity contribution is -0.137. The molecular weight excluding hydrogens is 307 g/mol. The van der Waals surface area contributed by atoms with Crippen molar-refractivity contribution < 1.29 is 17.9 Å². The predicted molar refractivity (Wildman–Crippen MR) is 71.9 cm³/mol. The molecule has 0 saturated heterocycles. The van der Waals surface area contributed by atoms with Crippen molar-refractivity contribution in [2.24, 2.45) is 0 Å². The second-order valence-corrected chi connectivity index (χ2v) is 4.65. The van der Waals surface area contributed by atoms with Gasteiger partial charge in [0, 0.05) is 6.20 Å². The van der Waals surface area contributed by atoms with Gasteiger partial charge in [-0.15, -0.1) is 0 Å². The first-order chi connectivity index (χ1) is 9.77. The molecule has 0 radical (unpaired) electrons. The summed E-state index contributed by atoms with van der Waals surface area (Å²) in [5, 5.41) is 0.0804. The average molecular weight is 318 g/mol. The van der Waals surface area contributed by atoms with Crippen molar-refractivity contribution in [2.45, 2.75) is 19.2 Å². The van der Waals surface area contributed by atoms with Gasteiger partial charge in [-0.2, -0.15) is 13.2 Å². The third-order valence-corrected chi connectivity index (χ3v) is 2.99. The first-order valence-corrected chi connectivity index (χ1v) is 6.27. The summed E-state index contributed by atoms with van der Waals surface area (Å²) in [5.41, 5.74) is 5.05. The lowest BCUT2D eigenvalue weighted by Crippen LogP contribution is -2.09. The van der Waals surface area contributed by atoms with Crippen molar-refractivity contribution in [2.75, 3.05) is 5.73 Å². The molecular formula is C13H11ClF3N3O. The largest absolute Gasteiger partial charge is 0.483 e. The van der Waals surface area contributed by atoms with Gasteiger partial charge in [-0.05, 0) is 31.2 Å². The number of nitrogens with two attached hydrogens (primary N) is 1. The monoisotopic (exact) mass is 317 g/mol. The lowest BCUT2D eigenvalue weighted by atomic mass is 10.2. The topological polar surface area (TPSA) is 61.0 Å². The number of ether oxygens (including phenoxy) is 1. The molecule has 0 bridgehead atoms. The third kappa shape index (κ3) is 3.75. The summed E-state index contributed by atoms with van der Waals surface area (Å²) in [4.78, 5) is 7.68. The average Bonchev–Trinajstić information content (AvgIpc) is 2.40. The molecule has 0 aliphatic carbocycles. The molecule has 0 fully saturated rings. The van der Waals surface area contributed by atoms with Gasteiger partial charge in [0.25, 0.3) is 0 Å². The van der Waals surface area contributed by atoms with Gasteiger partial charge in [0.2, 0.25) is 5.95 Å². The number of rotatable bonds is 3. The Kier molecular flexibility index (Phi) is 4.22. The summed E-state index contributed by atoms with van der Waals surface area (Å²) in [6.07, 6.45) is -3.66. The van der Waals surface area contributed by atoms with Gasteiger partial charge < -0.3 is 10.5 Å². The van der Waals surface area contributed by atoms with Crippen LogP contribution in [0, 0.1) is 0 Å². The SMILES string of the molecule is CC(Oc1cc(C(F)(F)F)ccc1Cl)c1ccnc(N)n1. The molecule has 1 heterocycles. The summed E-state index contributed by atoms with van der Waals surface area (Å²) in [7, 11) is 0. The fourth-order valence-corrected chi connectivity index (χ4v) is 1.80. The summed E-state index contributed by atoms with van der Waals surface area (Å²) >= 11 is 5.86. The Morgan fingerprint density at radius 2 is 2.00 bits per heavy atom. The number of hydrogen-bond donors (Lipinski definition) is 1. The van der Waals surface area contributed by atoms with E-state index in [9.17, 15) is 13.2 Å². The maximum Gasteiger partial charge on any atom is 0.416 e. The molecule has 1 unspecified atom stereocenters. The quantitative estimate of drug-likeness (QED) is 0.933. The van der Waals surface area contributed by atoms with Gasteiger partial charge >= 0.3 is 6.18 Å². The molecule has 0 saturated carbocycles. The maximum atomic E-state index is 12.7. The zero-order valence-corrected chi connectivity index (χ0v) is 11.6. The van der Waals surface area contributed by atoms with Crippen LogP contribution < -0.4 is 10.5 Å². The van der Waals surface area contributed by atoms with E-state index in [1.807, 2.05) is 0 Å². The Bertz CT molecular complexity index is 649. The Hall–Kier alpha value is -2.02. The highest BCUT2D eigenvalue weighted by atomic mass is 35.5. The van der Waals surface area contributed by atoms with Gasteiger partial charge in [0.15, 0.2) is 0 Å². The summed E-state index contributed by atoms with van der Waals surface area (Å²) < 4.78 is 43.5. The van der Waals surface area contributed by atoms with Crippen LogP contribution in [0.1, 0.15) is 24.3 Å². The Morgan fingerprint density at radius 1 is 1.29 bits per heavy atom. The van der Waals surface area contributed by atoms with E-state index in [4.69, 9.17) is 22.1 Å². The van der Waals surface area contributed by atoms with Gasteiger partial charge in [0.05, 0.1) is 16.3 Å². The molecule has 0 aliphatic rings. The zero-order valence-electron chi connectivity index (χ0n) is 10.9. The molecule has 2 aromatic rings. The maximum absolute atomic E-state index is 12.7. The van der Waals surface area contributed by atoms with Crippen LogP contribution in [-0.4, -0.2) is 9.97 Å². The van der Waals surface area contributed by atoms with Crippen molar-refractivity contribution in [1.82, 2.24) is 9.97 Å². The minimum atomic E-state index is -4.47. The Morgan fingerprint density at radius 3 is 2.62 bits per heavy atom. The highest BCUT2D eigenvalue weighted by molar-refractivity contribution is 6.32. The van der Waals surface area contributed by atoms with Crippen molar-refractivity contribution in [3.63, 3.8) is 0 Å². The number of alkyl halides is 3. The molecule has 4 nitrogen and oxygen atoms in total. The van der Waals surface area contributed by atoms with Crippen LogP contribution in [-0.2, 0) is 6.18 Å². The first kappa shape index (κ1) is 15.4. The fourth-order valence-electron chi connectivity index (χ4n) is 1.64. The van der Waals surface area contributed by atoms with E-state index in [1.54, 1.807) is 13.0 Å². The van der Waals surface area contributed by atoms with E-state index < -0.39 is 17.8 Å². The fraction of sp³-hybridized carbons (Fsp3) is 0.231. The highest BCUT2D eigenvalue weighted by Gasteiger charge is 2.31. The van der Waals surface area contributed by atoms with Crippen LogP contribution in [0.5, 0.6) is 5.75 Å². The number of benzene rings is 1. The normalized spacial score (nSPS) is 13.0.